The third-order valence-corrected chi connectivity index (χ3v) is 2.79. The third kappa shape index (κ3) is 5.51. The lowest BCUT2D eigenvalue weighted by atomic mass is 10.4. The molecule has 1 atom stereocenters. The highest BCUT2D eigenvalue weighted by Crippen LogP contribution is 1.90. The minimum absolute atomic E-state index is 0.0590. The van der Waals surface area contributed by atoms with Crippen LogP contribution < -0.4 is 4.72 Å². The molecule has 0 aromatic carbocycles. The van der Waals surface area contributed by atoms with Gasteiger partial charge in [0.05, 0.1) is 11.9 Å². The second-order valence-corrected chi connectivity index (χ2v) is 4.61. The molecule has 0 aliphatic carbocycles. The number of hydrogen-bond donors (Lipinski definition) is 1. The van der Waals surface area contributed by atoms with Crippen molar-refractivity contribution in [2.45, 2.75) is 26.9 Å². The van der Waals surface area contributed by atoms with Gasteiger partial charge in [-0.3, -0.25) is 0 Å². The first-order valence-electron chi connectivity index (χ1n) is 4.10. The average molecular weight is 195 g/mol. The molecule has 0 saturated carbocycles. The lowest BCUT2D eigenvalue weighted by molar-refractivity contribution is 0.0800. The fourth-order valence-corrected chi connectivity index (χ4v) is 1.38. The predicted octanol–water partition coefficient (Wildman–Crippen LogP) is 0.351. The fraction of sp³-hybridized carbons (Fsp3) is 1.00. The summed E-state index contributed by atoms with van der Waals surface area (Å²) < 4.78 is 29.5. The summed E-state index contributed by atoms with van der Waals surface area (Å²) in [6, 6.07) is 0. The molecule has 0 rings (SSSR count). The van der Waals surface area contributed by atoms with Crippen molar-refractivity contribution in [3.8, 4) is 0 Å². The molecule has 0 bridgehead atoms. The van der Waals surface area contributed by atoms with E-state index >= 15 is 0 Å². The van der Waals surface area contributed by atoms with Crippen molar-refractivity contribution in [1.82, 2.24) is 4.72 Å². The van der Waals surface area contributed by atoms with Gasteiger partial charge in [0, 0.05) is 13.2 Å². The van der Waals surface area contributed by atoms with Gasteiger partial charge in [0.25, 0.3) is 0 Å². The summed E-state index contributed by atoms with van der Waals surface area (Å²) in [5.41, 5.74) is 0. The maximum atomic E-state index is 10.9. The Bertz CT molecular complexity index is 201. The van der Waals surface area contributed by atoms with Gasteiger partial charge in [-0.05, 0) is 20.8 Å². The molecule has 0 spiro atoms. The molecule has 1 unspecified atom stereocenters. The van der Waals surface area contributed by atoms with Gasteiger partial charge >= 0.3 is 0 Å². The van der Waals surface area contributed by atoms with E-state index in [1.807, 2.05) is 13.8 Å². The van der Waals surface area contributed by atoms with Crippen LogP contribution in [0.4, 0.5) is 0 Å². The summed E-state index contributed by atoms with van der Waals surface area (Å²) in [5.74, 6) is 0.117. The van der Waals surface area contributed by atoms with Crippen LogP contribution in [0.25, 0.3) is 0 Å². The molecule has 0 fully saturated rings. The van der Waals surface area contributed by atoms with E-state index in [4.69, 9.17) is 4.74 Å². The molecule has 74 valence electrons. The van der Waals surface area contributed by atoms with Gasteiger partial charge < -0.3 is 4.74 Å². The number of rotatable bonds is 6. The van der Waals surface area contributed by atoms with Gasteiger partial charge in [-0.15, -0.1) is 0 Å². The maximum absolute atomic E-state index is 10.9. The Morgan fingerprint density at radius 3 is 2.42 bits per heavy atom. The van der Waals surface area contributed by atoms with Crippen LogP contribution in [0.15, 0.2) is 0 Å². The van der Waals surface area contributed by atoms with Crippen LogP contribution in [0.5, 0.6) is 0 Å². The van der Waals surface area contributed by atoms with Gasteiger partial charge in [-0.25, -0.2) is 13.1 Å². The van der Waals surface area contributed by atoms with Crippen molar-refractivity contribution in [1.29, 1.82) is 0 Å². The van der Waals surface area contributed by atoms with Gasteiger partial charge in [0.15, 0.2) is 0 Å². The Morgan fingerprint density at radius 1 is 1.42 bits per heavy atom. The molecule has 4 nitrogen and oxygen atoms in total. The van der Waals surface area contributed by atoms with E-state index in [9.17, 15) is 8.42 Å². The van der Waals surface area contributed by atoms with Crippen LogP contribution in [-0.4, -0.2) is 33.4 Å². The van der Waals surface area contributed by atoms with Gasteiger partial charge in [-0.2, -0.15) is 0 Å². The number of sulfonamides is 1. The van der Waals surface area contributed by atoms with Crippen molar-refractivity contribution in [3.05, 3.63) is 0 Å². The van der Waals surface area contributed by atoms with Crippen LogP contribution >= 0.6 is 0 Å². The second-order valence-electron chi connectivity index (χ2n) is 2.52. The topological polar surface area (TPSA) is 55.4 Å². The third-order valence-electron chi connectivity index (χ3n) is 1.42. The molecule has 0 aliphatic heterocycles. The standard InChI is InChI=1S/C7H17NO3S/c1-4-11-7(3)6-8-12(9,10)5-2/h7-8H,4-6H2,1-3H3. The summed E-state index contributed by atoms with van der Waals surface area (Å²) in [6.45, 7) is 6.28. The van der Waals surface area contributed by atoms with Crippen molar-refractivity contribution in [2.75, 3.05) is 18.9 Å². The molecule has 0 amide bonds. The van der Waals surface area contributed by atoms with Crippen molar-refractivity contribution in [2.24, 2.45) is 0 Å². The summed E-state index contributed by atoms with van der Waals surface area (Å²) in [5, 5.41) is 0. The van der Waals surface area contributed by atoms with Crippen LogP contribution in [0.1, 0.15) is 20.8 Å². The lowest BCUT2D eigenvalue weighted by Crippen LogP contribution is -2.33. The van der Waals surface area contributed by atoms with Gasteiger partial charge in [-0.1, -0.05) is 0 Å². The highest BCUT2D eigenvalue weighted by Gasteiger charge is 2.08. The first-order valence-corrected chi connectivity index (χ1v) is 5.76. The molecule has 0 radical (unpaired) electrons. The fourth-order valence-electron chi connectivity index (χ4n) is 0.690. The van der Waals surface area contributed by atoms with Crippen LogP contribution in [0, 0.1) is 0 Å². The zero-order valence-corrected chi connectivity index (χ0v) is 8.65. The van der Waals surface area contributed by atoms with Crippen LogP contribution in [-0.2, 0) is 14.8 Å². The Morgan fingerprint density at radius 2 is 2.00 bits per heavy atom. The molecule has 12 heavy (non-hydrogen) atoms. The van der Waals surface area contributed by atoms with Crippen molar-refractivity contribution in [3.63, 3.8) is 0 Å². The lowest BCUT2D eigenvalue weighted by Gasteiger charge is -2.11. The predicted molar refractivity (Wildman–Crippen MR) is 48.6 cm³/mol. The molecule has 0 aliphatic rings. The first kappa shape index (κ1) is 11.9. The normalized spacial score (nSPS) is 14.6. The zero-order chi connectivity index (χ0) is 9.61. The monoisotopic (exact) mass is 195 g/mol. The second kappa shape index (κ2) is 5.50. The number of ether oxygens (including phenoxy) is 1. The van der Waals surface area contributed by atoms with E-state index in [1.54, 1.807) is 6.92 Å². The minimum Gasteiger partial charge on any atom is -0.377 e. The van der Waals surface area contributed by atoms with Crippen LogP contribution in [0.2, 0.25) is 0 Å². The largest absolute Gasteiger partial charge is 0.377 e. The van der Waals surface area contributed by atoms with E-state index in [0.29, 0.717) is 13.2 Å². The Labute approximate surface area is 74.4 Å². The molecule has 0 aromatic heterocycles. The summed E-state index contributed by atoms with van der Waals surface area (Å²) in [7, 11) is -3.06. The molecule has 0 saturated heterocycles. The Hall–Kier alpha value is -0.130. The van der Waals surface area contributed by atoms with Gasteiger partial charge in [0.1, 0.15) is 0 Å². The molecule has 1 N–H and O–H groups in total. The first-order chi connectivity index (χ1) is 5.52. The maximum Gasteiger partial charge on any atom is 0.211 e. The minimum atomic E-state index is -3.06. The van der Waals surface area contributed by atoms with Crippen LogP contribution in [0.3, 0.4) is 0 Å². The van der Waals surface area contributed by atoms with Crippen molar-refractivity contribution < 1.29 is 13.2 Å². The highest BCUT2D eigenvalue weighted by molar-refractivity contribution is 7.89. The molecule has 0 heterocycles. The van der Waals surface area contributed by atoms with E-state index < -0.39 is 10.0 Å². The average Bonchev–Trinajstić information content (AvgIpc) is 2.02. The quantitative estimate of drug-likeness (QED) is 0.665. The summed E-state index contributed by atoms with van der Waals surface area (Å²) >= 11 is 0. The van der Waals surface area contributed by atoms with E-state index in [0.717, 1.165) is 0 Å². The number of nitrogens with one attached hydrogen (secondary N) is 1. The zero-order valence-electron chi connectivity index (χ0n) is 7.83. The molecular weight excluding hydrogens is 178 g/mol. The molecule has 5 heteroatoms. The highest BCUT2D eigenvalue weighted by atomic mass is 32.2. The van der Waals surface area contributed by atoms with Crippen molar-refractivity contribution >= 4 is 10.0 Å². The Balaban J connectivity index is 3.68. The van der Waals surface area contributed by atoms with E-state index in [1.165, 1.54) is 0 Å². The number of hydrogen-bond acceptors (Lipinski definition) is 3. The summed E-state index contributed by atoms with van der Waals surface area (Å²) in [6.07, 6.45) is -0.0590. The summed E-state index contributed by atoms with van der Waals surface area (Å²) in [4.78, 5) is 0. The van der Waals surface area contributed by atoms with E-state index in [-0.39, 0.29) is 11.9 Å². The molecule has 0 aromatic rings. The SMILES string of the molecule is CCOC(C)CNS(=O)(=O)CC. The molecular formula is C7H17NO3S. The Kier molecular flexibility index (Phi) is 5.44. The van der Waals surface area contributed by atoms with Gasteiger partial charge in [0.2, 0.25) is 10.0 Å². The van der Waals surface area contributed by atoms with E-state index in [2.05, 4.69) is 4.72 Å². The smallest absolute Gasteiger partial charge is 0.211 e.